The smallest absolute Gasteiger partial charge is 0.320 e. The van der Waals surface area contributed by atoms with E-state index in [0.717, 1.165) is 51.4 Å². The zero-order valence-corrected chi connectivity index (χ0v) is 36.0. The molecule has 0 aromatic heterocycles. The number of ether oxygens (including phenoxy) is 2. The highest BCUT2D eigenvalue weighted by Gasteiger charge is 2.48. The molecular formula is C44H82N2O5. The van der Waals surface area contributed by atoms with Crippen LogP contribution in [0.2, 0.25) is 0 Å². The summed E-state index contributed by atoms with van der Waals surface area (Å²) in [6.45, 7) is 35.7. The lowest BCUT2D eigenvalue weighted by Crippen LogP contribution is -2.59. The third-order valence-corrected chi connectivity index (χ3v) is 13.8. The van der Waals surface area contributed by atoms with Crippen LogP contribution < -0.4 is 0 Å². The molecule has 2 saturated heterocycles. The number of rotatable bonds is 13. The van der Waals surface area contributed by atoms with Crippen molar-refractivity contribution in [2.75, 3.05) is 26.3 Å². The van der Waals surface area contributed by atoms with Gasteiger partial charge in [-0.3, -0.25) is 19.4 Å². The number of esters is 2. The standard InChI is InChI=1S/C44H82N2O5/c1-16-31(29-32-19-20-34(39(2,3)4)36(47)35(32)40(5,6)7)30-33(37(48)50-27-25-45-41(8,9)21-17-22-42(45,10)11)38(49)51-28-26-46-43(12,13)23-18-24-44(46,14)15/h31-36,47H,16-30H2,1-15H3. The van der Waals surface area contributed by atoms with Crippen LogP contribution >= 0.6 is 0 Å². The maximum atomic E-state index is 14.0. The third kappa shape index (κ3) is 11.2. The molecule has 0 radical (unpaired) electrons. The minimum atomic E-state index is -0.955. The summed E-state index contributed by atoms with van der Waals surface area (Å²) in [4.78, 5) is 33.0. The van der Waals surface area contributed by atoms with Crippen LogP contribution in [0.4, 0.5) is 0 Å². The molecule has 5 unspecified atom stereocenters. The molecule has 3 aliphatic rings. The van der Waals surface area contributed by atoms with Crippen molar-refractivity contribution < 1.29 is 24.2 Å². The van der Waals surface area contributed by atoms with Gasteiger partial charge in [0.15, 0.2) is 5.92 Å². The monoisotopic (exact) mass is 719 g/mol. The van der Waals surface area contributed by atoms with Crippen LogP contribution in [0.5, 0.6) is 0 Å². The second-order valence-corrected chi connectivity index (χ2v) is 21.6. The molecule has 3 rings (SSSR count). The van der Waals surface area contributed by atoms with Gasteiger partial charge in [0.1, 0.15) is 13.2 Å². The Morgan fingerprint density at radius 3 is 1.47 bits per heavy atom. The van der Waals surface area contributed by atoms with E-state index in [1.54, 1.807) is 0 Å². The predicted octanol–water partition coefficient (Wildman–Crippen LogP) is 9.68. The summed E-state index contributed by atoms with van der Waals surface area (Å²) in [6.07, 6.45) is 10.7. The van der Waals surface area contributed by atoms with E-state index in [0.29, 0.717) is 25.4 Å². The first-order valence-corrected chi connectivity index (χ1v) is 20.8. The Kier molecular flexibility index (Phi) is 14.5. The van der Waals surface area contributed by atoms with Crippen LogP contribution in [0.3, 0.4) is 0 Å². The molecule has 1 N–H and O–H groups in total. The van der Waals surface area contributed by atoms with E-state index in [1.807, 2.05) is 0 Å². The maximum Gasteiger partial charge on any atom is 0.320 e. The van der Waals surface area contributed by atoms with Crippen LogP contribution in [0, 0.1) is 40.4 Å². The van der Waals surface area contributed by atoms with Crippen LogP contribution in [-0.4, -0.2) is 81.4 Å². The minimum absolute atomic E-state index is 0.0238. The van der Waals surface area contributed by atoms with Gasteiger partial charge in [-0.2, -0.15) is 0 Å². The average Bonchev–Trinajstić information content (AvgIpc) is 2.95. The average molecular weight is 719 g/mol. The molecule has 2 heterocycles. The van der Waals surface area contributed by atoms with E-state index in [1.165, 1.54) is 12.8 Å². The number of piperidine rings is 2. The Morgan fingerprint density at radius 1 is 0.706 bits per heavy atom. The maximum absolute atomic E-state index is 14.0. The first kappa shape index (κ1) is 44.2. The highest BCUT2D eigenvalue weighted by atomic mass is 16.6. The van der Waals surface area contributed by atoms with E-state index in [-0.39, 0.29) is 70.1 Å². The van der Waals surface area contributed by atoms with Gasteiger partial charge >= 0.3 is 11.9 Å². The van der Waals surface area contributed by atoms with Crippen LogP contribution in [0.1, 0.15) is 174 Å². The van der Waals surface area contributed by atoms with Gasteiger partial charge in [-0.05, 0) is 154 Å². The lowest BCUT2D eigenvalue weighted by atomic mass is 9.56. The van der Waals surface area contributed by atoms with Gasteiger partial charge in [0, 0.05) is 35.2 Å². The van der Waals surface area contributed by atoms with Crippen molar-refractivity contribution in [2.45, 2.75) is 203 Å². The quantitative estimate of drug-likeness (QED) is 0.150. The zero-order chi connectivity index (χ0) is 38.8. The number of nitrogens with zero attached hydrogens (tertiary/aromatic N) is 2. The first-order valence-electron chi connectivity index (χ1n) is 20.8. The van der Waals surface area contributed by atoms with E-state index >= 15 is 0 Å². The van der Waals surface area contributed by atoms with Gasteiger partial charge in [-0.15, -0.1) is 0 Å². The highest BCUT2D eigenvalue weighted by Crippen LogP contribution is 2.51. The van der Waals surface area contributed by atoms with Gasteiger partial charge in [0.25, 0.3) is 0 Å². The molecule has 0 bridgehead atoms. The fourth-order valence-corrected chi connectivity index (χ4v) is 11.2. The third-order valence-electron chi connectivity index (χ3n) is 13.8. The van der Waals surface area contributed by atoms with Gasteiger partial charge in [-0.25, -0.2) is 0 Å². The number of hydrogen-bond acceptors (Lipinski definition) is 7. The van der Waals surface area contributed by atoms with Gasteiger partial charge in [0.05, 0.1) is 6.10 Å². The fraction of sp³-hybridized carbons (Fsp3) is 0.955. The van der Waals surface area contributed by atoms with Crippen molar-refractivity contribution in [1.29, 1.82) is 0 Å². The molecule has 5 atom stereocenters. The van der Waals surface area contributed by atoms with Gasteiger partial charge in [-0.1, -0.05) is 54.9 Å². The Bertz CT molecular complexity index is 1060. The molecule has 51 heavy (non-hydrogen) atoms. The highest BCUT2D eigenvalue weighted by molar-refractivity contribution is 5.94. The van der Waals surface area contributed by atoms with E-state index in [4.69, 9.17) is 9.47 Å². The molecule has 1 saturated carbocycles. The summed E-state index contributed by atoms with van der Waals surface area (Å²) in [5, 5.41) is 11.8. The lowest BCUT2D eigenvalue weighted by Gasteiger charge is -2.53. The lowest BCUT2D eigenvalue weighted by molar-refractivity contribution is -0.165. The topological polar surface area (TPSA) is 79.3 Å². The summed E-state index contributed by atoms with van der Waals surface area (Å²) in [5.41, 5.74) is 0.0707. The minimum Gasteiger partial charge on any atom is -0.464 e. The Balaban J connectivity index is 1.79. The normalized spacial score (nSPS) is 29.0. The fourth-order valence-electron chi connectivity index (χ4n) is 11.2. The molecule has 3 fully saturated rings. The van der Waals surface area contributed by atoms with Gasteiger partial charge < -0.3 is 14.6 Å². The molecule has 7 nitrogen and oxygen atoms in total. The molecule has 0 amide bonds. The van der Waals surface area contributed by atoms with Crippen molar-refractivity contribution in [1.82, 2.24) is 9.80 Å². The Labute approximate surface area is 314 Å². The molecule has 2 aliphatic heterocycles. The predicted molar refractivity (Wildman–Crippen MR) is 210 cm³/mol. The molecule has 0 aromatic rings. The molecule has 0 spiro atoms. The van der Waals surface area contributed by atoms with E-state index in [9.17, 15) is 14.7 Å². The molecule has 1 aliphatic carbocycles. The SMILES string of the molecule is CCC(CC(C(=O)OCCN1C(C)(C)CCCC1(C)C)C(=O)OCCN1C(C)(C)CCCC1(C)C)CC1CCC(C(C)(C)C)C(O)C1C(C)(C)C. The van der Waals surface area contributed by atoms with Crippen molar-refractivity contribution in [2.24, 2.45) is 40.4 Å². The largest absolute Gasteiger partial charge is 0.464 e. The van der Waals surface area contributed by atoms with Crippen LogP contribution in [0.25, 0.3) is 0 Å². The summed E-state index contributed by atoms with van der Waals surface area (Å²) in [6, 6.07) is 0. The first-order chi connectivity index (χ1) is 23.2. The van der Waals surface area contributed by atoms with E-state index < -0.39 is 17.9 Å². The number of carbonyl (C=O) groups excluding carboxylic acids is 2. The molecule has 298 valence electrons. The summed E-state index contributed by atoms with van der Waals surface area (Å²) in [5.74, 6) is -0.993. The Morgan fingerprint density at radius 2 is 1.12 bits per heavy atom. The number of aliphatic hydroxyl groups is 1. The summed E-state index contributed by atoms with van der Waals surface area (Å²) in [7, 11) is 0. The van der Waals surface area contributed by atoms with Crippen molar-refractivity contribution in [3.63, 3.8) is 0 Å². The number of aliphatic hydroxyl groups excluding tert-OH is 1. The van der Waals surface area contributed by atoms with E-state index in [2.05, 4.69) is 114 Å². The molecule has 0 aromatic carbocycles. The zero-order valence-electron chi connectivity index (χ0n) is 36.0. The number of hydrogen-bond donors (Lipinski definition) is 1. The van der Waals surface area contributed by atoms with Gasteiger partial charge in [0.2, 0.25) is 0 Å². The summed E-state index contributed by atoms with van der Waals surface area (Å²) >= 11 is 0. The molecule has 7 heteroatoms. The van der Waals surface area contributed by atoms with Crippen LogP contribution in [-0.2, 0) is 19.1 Å². The number of likely N-dealkylation sites (tertiary alicyclic amines) is 2. The van der Waals surface area contributed by atoms with Crippen molar-refractivity contribution in [3.05, 3.63) is 0 Å². The second-order valence-electron chi connectivity index (χ2n) is 21.6. The molecular weight excluding hydrogens is 636 g/mol. The second kappa shape index (κ2) is 16.7. The van der Waals surface area contributed by atoms with Crippen LogP contribution in [0.15, 0.2) is 0 Å². The Hall–Kier alpha value is -1.18. The summed E-state index contributed by atoms with van der Waals surface area (Å²) < 4.78 is 12.0. The van der Waals surface area contributed by atoms with Crippen molar-refractivity contribution >= 4 is 11.9 Å². The number of carbonyl (C=O) groups is 2. The van der Waals surface area contributed by atoms with Crippen molar-refractivity contribution in [3.8, 4) is 0 Å².